The highest BCUT2D eigenvalue weighted by Gasteiger charge is 2.26. The number of aromatic carboxylic acids is 1. The average Bonchev–Trinajstić information content (AvgIpc) is 3.45. The zero-order valence-electron chi connectivity index (χ0n) is 17.9. The summed E-state index contributed by atoms with van der Waals surface area (Å²) in [6, 6.07) is 13.4. The number of fused-ring (bicyclic) bond motifs is 2. The van der Waals surface area contributed by atoms with Crippen LogP contribution in [0, 0.1) is 0 Å². The molecule has 5 rings (SSSR count). The number of para-hydroxylation sites is 1. The Morgan fingerprint density at radius 1 is 1.12 bits per heavy atom. The van der Waals surface area contributed by atoms with Crippen molar-refractivity contribution in [3.63, 3.8) is 0 Å². The summed E-state index contributed by atoms with van der Waals surface area (Å²) in [5.74, 6) is -1.34. The number of carboxylic acid groups (broad SMARTS) is 1. The van der Waals surface area contributed by atoms with Crippen molar-refractivity contribution in [1.29, 1.82) is 0 Å². The maximum atomic E-state index is 13.2. The quantitative estimate of drug-likeness (QED) is 0.368. The number of carboxylic acids is 1. The van der Waals surface area contributed by atoms with E-state index in [2.05, 4.69) is 15.3 Å². The van der Waals surface area contributed by atoms with Crippen LogP contribution in [0.2, 0.25) is 0 Å². The smallest absolute Gasteiger partial charge is 0.356 e. The van der Waals surface area contributed by atoms with Crippen LogP contribution in [0.1, 0.15) is 36.9 Å². The van der Waals surface area contributed by atoms with Crippen LogP contribution in [-0.2, 0) is 13.0 Å². The summed E-state index contributed by atoms with van der Waals surface area (Å²) in [4.78, 5) is 36.1. The van der Waals surface area contributed by atoms with Gasteiger partial charge in [-0.25, -0.2) is 14.8 Å². The van der Waals surface area contributed by atoms with E-state index >= 15 is 0 Å². The third-order valence-electron chi connectivity index (χ3n) is 5.52. The number of benzene rings is 2. The molecule has 0 saturated carbocycles. The first-order valence-electron chi connectivity index (χ1n) is 10.6. The topological polar surface area (TPSA) is 116 Å². The number of aromatic nitrogens is 2. The third-order valence-corrected chi connectivity index (χ3v) is 7.56. The normalized spacial score (nSPS) is 13.4. The van der Waals surface area contributed by atoms with E-state index in [1.54, 1.807) is 12.1 Å². The van der Waals surface area contributed by atoms with E-state index in [0.717, 1.165) is 21.3 Å². The van der Waals surface area contributed by atoms with Gasteiger partial charge < -0.3 is 15.1 Å². The molecule has 10 heteroatoms. The maximum absolute atomic E-state index is 13.2. The van der Waals surface area contributed by atoms with Crippen molar-refractivity contribution in [2.24, 2.45) is 0 Å². The van der Waals surface area contributed by atoms with E-state index in [4.69, 9.17) is 5.11 Å². The first-order valence-corrected chi connectivity index (χ1v) is 12.2. The summed E-state index contributed by atoms with van der Waals surface area (Å²) in [5.41, 5.74) is 3.35. The second-order valence-electron chi connectivity index (χ2n) is 7.66. The number of hydrogen-bond acceptors (Lipinski definition) is 8. The second-order valence-corrected chi connectivity index (χ2v) is 9.69. The standard InChI is InChI=1S/C24H20N4O4S2/c29-12-4-9-19-20(22(31)32)26-24(34-19)28-11-10-14-5-3-6-15(16(14)13-28)21(30)27-23-25-17-7-1-2-8-18(17)33-23/h1-9,29H,10-13H2,(H,31,32)(H,25,27,30). The molecular weight excluding hydrogens is 472 g/mol. The molecule has 0 saturated heterocycles. The predicted octanol–water partition coefficient (Wildman–Crippen LogP) is 4.27. The van der Waals surface area contributed by atoms with Gasteiger partial charge in [0.05, 0.1) is 21.7 Å². The lowest BCUT2D eigenvalue weighted by Crippen LogP contribution is -2.32. The number of hydrogen-bond donors (Lipinski definition) is 3. The van der Waals surface area contributed by atoms with Crippen LogP contribution >= 0.6 is 22.7 Å². The highest BCUT2D eigenvalue weighted by Crippen LogP contribution is 2.33. The Kier molecular flexibility index (Phi) is 6.10. The summed E-state index contributed by atoms with van der Waals surface area (Å²) < 4.78 is 1.00. The Labute approximate surface area is 202 Å². The molecule has 2 aromatic heterocycles. The number of thiazole rings is 2. The number of rotatable bonds is 6. The van der Waals surface area contributed by atoms with Crippen molar-refractivity contribution in [3.05, 3.63) is 75.8 Å². The molecule has 0 aliphatic carbocycles. The monoisotopic (exact) mass is 492 g/mol. The molecule has 0 spiro atoms. The van der Waals surface area contributed by atoms with E-state index in [1.165, 1.54) is 28.7 Å². The van der Waals surface area contributed by atoms with Gasteiger partial charge >= 0.3 is 5.97 Å². The summed E-state index contributed by atoms with van der Waals surface area (Å²) in [5, 5.41) is 22.6. The van der Waals surface area contributed by atoms with E-state index in [0.29, 0.717) is 40.2 Å². The Bertz CT molecular complexity index is 1390. The lowest BCUT2D eigenvalue weighted by molar-refractivity contribution is 0.0691. The first kappa shape index (κ1) is 22.2. The second kappa shape index (κ2) is 9.34. The van der Waals surface area contributed by atoms with Crippen molar-refractivity contribution < 1.29 is 19.8 Å². The van der Waals surface area contributed by atoms with Gasteiger partial charge in [0, 0.05) is 18.7 Å². The van der Waals surface area contributed by atoms with Crippen molar-refractivity contribution in [1.82, 2.24) is 9.97 Å². The molecule has 0 unspecified atom stereocenters. The molecule has 4 aromatic rings. The highest BCUT2D eigenvalue weighted by molar-refractivity contribution is 7.22. The van der Waals surface area contributed by atoms with E-state index in [-0.39, 0.29) is 18.2 Å². The van der Waals surface area contributed by atoms with Gasteiger partial charge in [0.2, 0.25) is 0 Å². The minimum absolute atomic E-state index is 0.0441. The molecule has 0 bridgehead atoms. The number of amides is 1. The Balaban J connectivity index is 1.42. The molecule has 3 N–H and O–H groups in total. The van der Waals surface area contributed by atoms with Gasteiger partial charge in [-0.05, 0) is 41.8 Å². The third kappa shape index (κ3) is 4.30. The Morgan fingerprint density at radius 3 is 2.76 bits per heavy atom. The van der Waals surface area contributed by atoms with Gasteiger partial charge in [-0.15, -0.1) is 0 Å². The van der Waals surface area contributed by atoms with E-state index in [9.17, 15) is 14.7 Å². The van der Waals surface area contributed by atoms with Crippen molar-refractivity contribution in [3.8, 4) is 0 Å². The SMILES string of the molecule is O=C(Nc1nc2ccccc2s1)c1cccc2c1CN(c1nc(C(=O)O)c(C=CCO)s1)CC2. The molecule has 172 valence electrons. The molecule has 0 fully saturated rings. The van der Waals surface area contributed by atoms with Gasteiger partial charge in [0.25, 0.3) is 5.91 Å². The molecule has 34 heavy (non-hydrogen) atoms. The number of anilines is 2. The molecule has 3 heterocycles. The Hall–Kier alpha value is -3.60. The Morgan fingerprint density at radius 2 is 1.97 bits per heavy atom. The highest BCUT2D eigenvalue weighted by atomic mass is 32.1. The minimum atomic E-state index is -1.12. The number of nitrogens with one attached hydrogen (secondary N) is 1. The first-order chi connectivity index (χ1) is 16.5. The van der Waals surface area contributed by atoms with Crippen LogP contribution in [0.5, 0.6) is 0 Å². The van der Waals surface area contributed by atoms with Crippen molar-refractivity contribution in [2.75, 3.05) is 23.4 Å². The van der Waals surface area contributed by atoms with Gasteiger partial charge in [-0.2, -0.15) is 0 Å². The summed E-state index contributed by atoms with van der Waals surface area (Å²) in [6.07, 6.45) is 3.76. The number of carbonyl (C=O) groups excluding carboxylic acids is 1. The fourth-order valence-electron chi connectivity index (χ4n) is 3.93. The molecule has 2 aromatic carbocycles. The van der Waals surface area contributed by atoms with Crippen molar-refractivity contribution >= 4 is 61.1 Å². The van der Waals surface area contributed by atoms with Crippen LogP contribution in [0.3, 0.4) is 0 Å². The number of carbonyl (C=O) groups is 2. The molecule has 1 amide bonds. The van der Waals surface area contributed by atoms with E-state index in [1.807, 2.05) is 41.3 Å². The zero-order valence-corrected chi connectivity index (χ0v) is 19.5. The van der Waals surface area contributed by atoms with Gasteiger partial charge in [0.1, 0.15) is 0 Å². The van der Waals surface area contributed by atoms with Crippen LogP contribution < -0.4 is 10.2 Å². The number of nitrogens with zero attached hydrogens (tertiary/aromatic N) is 3. The molecule has 1 aliphatic heterocycles. The zero-order chi connectivity index (χ0) is 23.7. The average molecular weight is 493 g/mol. The molecule has 0 atom stereocenters. The summed E-state index contributed by atoms with van der Waals surface area (Å²) in [6.45, 7) is 0.913. The van der Waals surface area contributed by atoms with Crippen LogP contribution in [0.25, 0.3) is 16.3 Å². The molecule has 1 aliphatic rings. The van der Waals surface area contributed by atoms with Gasteiger partial charge in [0.15, 0.2) is 16.0 Å². The van der Waals surface area contributed by atoms with Crippen molar-refractivity contribution in [2.45, 2.75) is 13.0 Å². The predicted molar refractivity (Wildman–Crippen MR) is 134 cm³/mol. The van der Waals surface area contributed by atoms with Gasteiger partial charge in [-0.3, -0.25) is 10.1 Å². The summed E-state index contributed by atoms with van der Waals surface area (Å²) >= 11 is 2.68. The maximum Gasteiger partial charge on any atom is 0.356 e. The fourth-order valence-corrected chi connectivity index (χ4v) is 5.80. The van der Waals surface area contributed by atoms with E-state index < -0.39 is 5.97 Å². The number of aliphatic hydroxyl groups excluding tert-OH is 1. The minimum Gasteiger partial charge on any atom is -0.476 e. The molecular formula is C24H20N4O4S2. The lowest BCUT2D eigenvalue weighted by Gasteiger charge is -2.29. The van der Waals surface area contributed by atoms with Crippen LogP contribution in [-0.4, -0.2) is 45.2 Å². The molecule has 0 radical (unpaired) electrons. The summed E-state index contributed by atoms with van der Waals surface area (Å²) in [7, 11) is 0. The lowest BCUT2D eigenvalue weighted by atomic mass is 9.94. The fraction of sp³-hybridized carbons (Fsp3) is 0.167. The van der Waals surface area contributed by atoms with Gasteiger partial charge in [-0.1, -0.05) is 53.0 Å². The number of aliphatic hydroxyl groups is 1. The van der Waals surface area contributed by atoms with Crippen LogP contribution in [0.4, 0.5) is 10.3 Å². The molecule has 8 nitrogen and oxygen atoms in total. The largest absolute Gasteiger partial charge is 0.476 e. The van der Waals surface area contributed by atoms with Crippen LogP contribution in [0.15, 0.2) is 48.5 Å².